The molecule has 0 aliphatic heterocycles. The molecule has 14 nitrogen and oxygen atoms in total. The normalized spacial score (nSPS) is 18.8. The van der Waals surface area contributed by atoms with Gasteiger partial charge < -0.3 is 61.7 Å². The summed E-state index contributed by atoms with van der Waals surface area (Å²) >= 11 is 0. The highest BCUT2D eigenvalue weighted by Gasteiger charge is 2.34. The smallest absolute Gasteiger partial charge is 0.251 e. The Morgan fingerprint density at radius 3 is 1.09 bits per heavy atom. The van der Waals surface area contributed by atoms with Crippen LogP contribution in [0.15, 0.2) is 0 Å². The number of amides is 2. The summed E-state index contributed by atoms with van der Waals surface area (Å²) in [6.45, 7) is -1.25. The first-order chi connectivity index (χ1) is 16.0. The van der Waals surface area contributed by atoms with Crippen molar-refractivity contribution in [2.24, 2.45) is 0 Å². The van der Waals surface area contributed by atoms with Gasteiger partial charge in [0.2, 0.25) is 0 Å². The highest BCUT2D eigenvalue weighted by Crippen LogP contribution is 2.08. The lowest BCUT2D eigenvalue weighted by atomic mass is 10.0. The number of hydrogen-bond acceptors (Lipinski definition) is 12. The second-order valence-electron chi connectivity index (χ2n) is 8.06. The lowest BCUT2D eigenvalue weighted by Gasteiger charge is -2.25. The first-order valence-corrected chi connectivity index (χ1v) is 11.2. The molecule has 8 atom stereocenters. The molecule has 202 valence electrons. The maximum absolute atomic E-state index is 11.8. The molecule has 0 saturated carbocycles. The largest absolute Gasteiger partial charge is 0.394 e. The summed E-state index contributed by atoms with van der Waals surface area (Å²) in [4.78, 5) is 23.5. The van der Waals surface area contributed by atoms with Gasteiger partial charge >= 0.3 is 0 Å². The zero-order valence-corrected chi connectivity index (χ0v) is 19.0. The molecule has 0 bridgehead atoms. The van der Waals surface area contributed by atoms with Crippen LogP contribution < -0.4 is 10.6 Å². The highest BCUT2D eigenvalue weighted by atomic mass is 16.4. The van der Waals surface area contributed by atoms with Crippen LogP contribution in [0.4, 0.5) is 0 Å². The second kappa shape index (κ2) is 17.9. The third-order valence-corrected chi connectivity index (χ3v) is 5.25. The molecule has 0 radical (unpaired) electrons. The first kappa shape index (κ1) is 32.5. The fourth-order valence-corrected chi connectivity index (χ4v) is 2.94. The van der Waals surface area contributed by atoms with Gasteiger partial charge in [-0.1, -0.05) is 25.7 Å². The molecule has 0 aliphatic carbocycles. The SMILES string of the molecule is O=C(NCCCCCCCCNC(=O)[C@H](O)[C@@H](O)[C@H](O)[C@H](O)CO)[C@H](O)[C@@H](O)[C@H](O)[C@H](O)CO. The fourth-order valence-electron chi connectivity index (χ4n) is 2.94. The molecule has 12 N–H and O–H groups in total. The third kappa shape index (κ3) is 11.8. The topological polar surface area (TPSA) is 260 Å². The molecule has 0 rings (SSSR count). The summed E-state index contributed by atoms with van der Waals surface area (Å²) in [6, 6.07) is 0. The van der Waals surface area contributed by atoms with Crippen molar-refractivity contribution in [3.05, 3.63) is 0 Å². The van der Waals surface area contributed by atoms with E-state index >= 15 is 0 Å². The van der Waals surface area contributed by atoms with Gasteiger partial charge in [-0.3, -0.25) is 9.59 Å². The van der Waals surface area contributed by atoms with E-state index in [-0.39, 0.29) is 13.1 Å². The van der Waals surface area contributed by atoms with Crippen LogP contribution in [-0.2, 0) is 9.59 Å². The van der Waals surface area contributed by atoms with E-state index < -0.39 is 73.9 Å². The minimum absolute atomic E-state index is 0.217. The van der Waals surface area contributed by atoms with Gasteiger partial charge in [0.25, 0.3) is 11.8 Å². The van der Waals surface area contributed by atoms with Gasteiger partial charge in [0.15, 0.2) is 12.2 Å². The number of rotatable bonds is 19. The number of unbranched alkanes of at least 4 members (excludes halogenated alkanes) is 5. The standard InChI is InChI=1S/C20H40N2O12/c23-9-11(25)13(27)15(29)17(31)19(33)21-7-5-3-1-2-4-6-8-22-20(34)18(32)16(30)14(28)12(26)10-24/h11-18,23-32H,1-10H2,(H,21,33)(H,22,34)/t11-,12-,13-,14-,15+,16+,17-,18-/m1/s1. The average Bonchev–Trinajstić information content (AvgIpc) is 2.85. The Morgan fingerprint density at radius 1 is 0.500 bits per heavy atom. The summed E-state index contributed by atoms with van der Waals surface area (Å²) in [6.07, 6.45) is -10.7. The molecule has 0 aromatic carbocycles. The van der Waals surface area contributed by atoms with E-state index in [0.29, 0.717) is 12.8 Å². The predicted molar refractivity (Wildman–Crippen MR) is 116 cm³/mol. The predicted octanol–water partition coefficient (Wildman–Crippen LogP) is -5.57. The van der Waals surface area contributed by atoms with Crippen molar-refractivity contribution in [3.8, 4) is 0 Å². The first-order valence-electron chi connectivity index (χ1n) is 11.2. The minimum Gasteiger partial charge on any atom is -0.394 e. The van der Waals surface area contributed by atoms with Crippen molar-refractivity contribution < 1.29 is 60.7 Å². The fraction of sp³-hybridized carbons (Fsp3) is 0.900. The molecule has 0 aromatic rings. The van der Waals surface area contributed by atoms with E-state index in [1.165, 1.54) is 0 Å². The van der Waals surface area contributed by atoms with Gasteiger partial charge in [-0.25, -0.2) is 0 Å². The maximum Gasteiger partial charge on any atom is 0.251 e. The molecule has 2 amide bonds. The van der Waals surface area contributed by atoms with Crippen molar-refractivity contribution in [1.82, 2.24) is 10.6 Å². The lowest BCUT2D eigenvalue weighted by Crippen LogP contribution is -2.51. The monoisotopic (exact) mass is 500 g/mol. The maximum atomic E-state index is 11.8. The number of nitrogens with one attached hydrogen (secondary N) is 2. The zero-order chi connectivity index (χ0) is 26.3. The number of aliphatic hydroxyl groups excluding tert-OH is 10. The number of hydrogen-bond donors (Lipinski definition) is 12. The Kier molecular flexibility index (Phi) is 17.1. The summed E-state index contributed by atoms with van der Waals surface area (Å²) in [5.41, 5.74) is 0. The molecule has 0 aromatic heterocycles. The molecule has 0 spiro atoms. The van der Waals surface area contributed by atoms with Crippen molar-refractivity contribution in [2.75, 3.05) is 26.3 Å². The molecule has 0 heterocycles. The van der Waals surface area contributed by atoms with Crippen molar-refractivity contribution >= 4 is 11.8 Å². The van der Waals surface area contributed by atoms with Gasteiger partial charge in [0.1, 0.15) is 36.6 Å². The Labute approximate surface area is 197 Å². The van der Waals surface area contributed by atoms with Gasteiger partial charge in [-0.2, -0.15) is 0 Å². The van der Waals surface area contributed by atoms with Crippen LogP contribution in [0.1, 0.15) is 38.5 Å². The van der Waals surface area contributed by atoms with Crippen LogP contribution in [0.25, 0.3) is 0 Å². The molecule has 34 heavy (non-hydrogen) atoms. The van der Waals surface area contributed by atoms with E-state index in [1.54, 1.807) is 0 Å². The summed E-state index contributed by atoms with van der Waals surface area (Å²) in [5, 5.41) is 98.3. The van der Waals surface area contributed by atoms with Gasteiger partial charge in [0, 0.05) is 13.1 Å². The molecule has 0 unspecified atom stereocenters. The summed E-state index contributed by atoms with van der Waals surface area (Å²) in [5.74, 6) is -1.84. The zero-order valence-electron chi connectivity index (χ0n) is 19.0. The Balaban J connectivity index is 3.88. The van der Waals surface area contributed by atoms with E-state index in [2.05, 4.69) is 10.6 Å². The number of carbonyl (C=O) groups excluding carboxylic acids is 2. The van der Waals surface area contributed by atoms with Crippen LogP contribution in [-0.4, -0.2) is 138 Å². The molecular formula is C20H40N2O12. The van der Waals surface area contributed by atoms with Crippen LogP contribution in [0.2, 0.25) is 0 Å². The molecule has 0 fully saturated rings. The summed E-state index contributed by atoms with van der Waals surface area (Å²) < 4.78 is 0. The highest BCUT2D eigenvalue weighted by molar-refractivity contribution is 5.81. The molecule has 0 aliphatic rings. The van der Waals surface area contributed by atoms with Gasteiger partial charge in [-0.15, -0.1) is 0 Å². The molecular weight excluding hydrogens is 460 g/mol. The van der Waals surface area contributed by atoms with Crippen LogP contribution in [0.5, 0.6) is 0 Å². The lowest BCUT2D eigenvalue weighted by molar-refractivity contribution is -0.149. The summed E-state index contributed by atoms with van der Waals surface area (Å²) in [7, 11) is 0. The van der Waals surface area contributed by atoms with Crippen LogP contribution >= 0.6 is 0 Å². The quantitative estimate of drug-likeness (QED) is 0.0741. The average molecular weight is 501 g/mol. The Hall–Kier alpha value is -1.46. The second-order valence-corrected chi connectivity index (χ2v) is 8.06. The van der Waals surface area contributed by atoms with Crippen LogP contribution in [0, 0.1) is 0 Å². The van der Waals surface area contributed by atoms with Crippen molar-refractivity contribution in [2.45, 2.75) is 87.4 Å². The van der Waals surface area contributed by atoms with Crippen molar-refractivity contribution in [1.29, 1.82) is 0 Å². The van der Waals surface area contributed by atoms with Crippen molar-refractivity contribution in [3.63, 3.8) is 0 Å². The minimum atomic E-state index is -1.96. The van der Waals surface area contributed by atoms with Gasteiger partial charge in [-0.05, 0) is 12.8 Å². The Bertz CT molecular complexity index is 522. The van der Waals surface area contributed by atoms with E-state index in [0.717, 1.165) is 25.7 Å². The molecule has 0 saturated heterocycles. The van der Waals surface area contributed by atoms with E-state index in [4.69, 9.17) is 10.2 Å². The van der Waals surface area contributed by atoms with Crippen LogP contribution in [0.3, 0.4) is 0 Å². The van der Waals surface area contributed by atoms with E-state index in [1.807, 2.05) is 0 Å². The third-order valence-electron chi connectivity index (χ3n) is 5.25. The van der Waals surface area contributed by atoms with E-state index in [9.17, 15) is 50.4 Å². The number of aliphatic hydroxyl groups is 10. The molecule has 14 heteroatoms. The van der Waals surface area contributed by atoms with Gasteiger partial charge in [0.05, 0.1) is 13.2 Å². The Morgan fingerprint density at radius 2 is 0.794 bits per heavy atom. The number of carbonyl (C=O) groups is 2.